The number of Topliss-reactive ketones (excluding diaryl/α,β-unsaturated/α-hetero) is 1. The third kappa shape index (κ3) is 0.794. The standard InChI is InChI=1S/C15H22O5/c1-8-4-5-14(18)11(2)7-20-15(19)10(17)13(8,14)6-9(16)12(11,15)3/h8,10,17-19H,4-7H2,1-3H3/t8-,10+,11+,12+,13-,14-,15+/m0/s1. The van der Waals surface area contributed by atoms with Gasteiger partial charge in [0.05, 0.1) is 17.6 Å². The maximum atomic E-state index is 12.8. The molecule has 7 atom stereocenters. The Morgan fingerprint density at radius 1 is 1.30 bits per heavy atom. The summed E-state index contributed by atoms with van der Waals surface area (Å²) in [5.74, 6) is -1.99. The van der Waals surface area contributed by atoms with Gasteiger partial charge in [-0.3, -0.25) is 4.79 Å². The first-order chi connectivity index (χ1) is 9.12. The highest BCUT2D eigenvalue weighted by atomic mass is 16.6. The summed E-state index contributed by atoms with van der Waals surface area (Å²) in [6.45, 7) is 5.54. The molecule has 1 saturated heterocycles. The van der Waals surface area contributed by atoms with E-state index in [0.717, 1.165) is 6.42 Å². The molecule has 4 bridgehead atoms. The van der Waals surface area contributed by atoms with Crippen LogP contribution in [0.25, 0.3) is 0 Å². The molecule has 4 saturated carbocycles. The minimum Gasteiger partial charge on any atom is -0.388 e. The highest BCUT2D eigenvalue weighted by Crippen LogP contribution is 2.79. The van der Waals surface area contributed by atoms with Crippen molar-refractivity contribution in [1.82, 2.24) is 0 Å². The summed E-state index contributed by atoms with van der Waals surface area (Å²) in [6.07, 6.45) is 0.201. The lowest BCUT2D eigenvalue weighted by atomic mass is 9.35. The Balaban J connectivity index is 2.10. The van der Waals surface area contributed by atoms with Gasteiger partial charge in [0.15, 0.2) is 0 Å². The van der Waals surface area contributed by atoms with Crippen LogP contribution in [0.4, 0.5) is 0 Å². The highest BCUT2D eigenvalue weighted by Gasteiger charge is 2.91. The van der Waals surface area contributed by atoms with Crippen molar-refractivity contribution < 1.29 is 24.9 Å². The van der Waals surface area contributed by atoms with Crippen molar-refractivity contribution in [2.24, 2.45) is 22.2 Å². The second kappa shape index (κ2) is 3.00. The van der Waals surface area contributed by atoms with Crippen molar-refractivity contribution >= 4 is 5.78 Å². The van der Waals surface area contributed by atoms with Crippen molar-refractivity contribution in [3.8, 4) is 0 Å². The molecule has 20 heavy (non-hydrogen) atoms. The van der Waals surface area contributed by atoms with E-state index in [-0.39, 0.29) is 24.7 Å². The molecule has 0 radical (unpaired) electrons. The number of carbonyl (C=O) groups is 1. The molecule has 5 fully saturated rings. The molecular formula is C15H22O5. The molecular weight excluding hydrogens is 260 g/mol. The second-order valence-corrected chi connectivity index (χ2v) is 7.79. The van der Waals surface area contributed by atoms with Gasteiger partial charge >= 0.3 is 0 Å². The molecule has 1 heterocycles. The van der Waals surface area contributed by atoms with Crippen LogP contribution >= 0.6 is 0 Å². The first kappa shape index (κ1) is 13.2. The normalized spacial score (nSPS) is 67.6. The fraction of sp³-hybridized carbons (Fsp3) is 0.933. The Labute approximate surface area is 117 Å². The van der Waals surface area contributed by atoms with E-state index in [1.807, 2.05) is 13.8 Å². The molecule has 1 aliphatic heterocycles. The molecule has 0 unspecified atom stereocenters. The predicted molar refractivity (Wildman–Crippen MR) is 68.5 cm³/mol. The number of hydrogen-bond donors (Lipinski definition) is 3. The summed E-state index contributed by atoms with van der Waals surface area (Å²) in [5, 5.41) is 33.3. The van der Waals surface area contributed by atoms with E-state index in [9.17, 15) is 20.1 Å². The van der Waals surface area contributed by atoms with Crippen LogP contribution in [-0.4, -0.2) is 45.2 Å². The number of ketones is 1. The van der Waals surface area contributed by atoms with Gasteiger partial charge in [-0.2, -0.15) is 0 Å². The molecule has 4 aliphatic carbocycles. The number of fused-ring (bicyclic) bond motifs is 1. The summed E-state index contributed by atoms with van der Waals surface area (Å²) < 4.78 is 5.56. The molecule has 5 nitrogen and oxygen atoms in total. The molecule has 0 aromatic rings. The SMILES string of the molecule is C[C@H]1CC[C@@]2(O)[C@@]13CC(=O)[C@]1(C)[C@@]2(C)CO[C@]1(O)[C@@H]3O. The molecule has 3 N–H and O–H groups in total. The summed E-state index contributed by atoms with van der Waals surface area (Å²) in [7, 11) is 0. The number of hydrogen-bond acceptors (Lipinski definition) is 5. The Morgan fingerprint density at radius 3 is 2.60 bits per heavy atom. The lowest BCUT2D eigenvalue weighted by molar-refractivity contribution is -0.368. The Bertz CT molecular complexity index is 534. The monoisotopic (exact) mass is 282 g/mol. The Morgan fingerprint density at radius 2 is 1.95 bits per heavy atom. The van der Waals surface area contributed by atoms with Crippen LogP contribution in [0.2, 0.25) is 0 Å². The van der Waals surface area contributed by atoms with Gasteiger partial charge in [0, 0.05) is 17.3 Å². The molecule has 5 aliphatic rings. The van der Waals surface area contributed by atoms with Crippen molar-refractivity contribution in [2.75, 3.05) is 6.61 Å². The zero-order valence-corrected chi connectivity index (χ0v) is 12.1. The minimum absolute atomic E-state index is 0.0242. The molecule has 1 spiro atoms. The van der Waals surface area contributed by atoms with E-state index >= 15 is 0 Å². The van der Waals surface area contributed by atoms with Gasteiger partial charge in [0.1, 0.15) is 11.9 Å². The summed E-state index contributed by atoms with van der Waals surface area (Å²) in [4.78, 5) is 12.8. The third-order valence-electron chi connectivity index (χ3n) is 7.77. The third-order valence-corrected chi connectivity index (χ3v) is 7.77. The maximum absolute atomic E-state index is 12.8. The summed E-state index contributed by atoms with van der Waals surface area (Å²) >= 11 is 0. The smallest absolute Gasteiger partial charge is 0.206 e. The van der Waals surface area contributed by atoms with Crippen LogP contribution < -0.4 is 0 Å². The van der Waals surface area contributed by atoms with E-state index in [1.165, 1.54) is 0 Å². The van der Waals surface area contributed by atoms with E-state index in [1.54, 1.807) is 6.92 Å². The fourth-order valence-electron chi connectivity index (χ4n) is 6.15. The van der Waals surface area contributed by atoms with Crippen LogP contribution in [0.5, 0.6) is 0 Å². The number of aliphatic hydroxyl groups excluding tert-OH is 1. The van der Waals surface area contributed by atoms with Crippen LogP contribution in [-0.2, 0) is 9.53 Å². The van der Waals surface area contributed by atoms with Crippen LogP contribution in [0.15, 0.2) is 0 Å². The van der Waals surface area contributed by atoms with Crippen molar-refractivity contribution in [2.45, 2.75) is 57.5 Å². The number of aliphatic hydroxyl groups is 3. The van der Waals surface area contributed by atoms with E-state index in [0.29, 0.717) is 6.42 Å². The number of rotatable bonds is 0. The zero-order valence-electron chi connectivity index (χ0n) is 12.1. The largest absolute Gasteiger partial charge is 0.388 e. The molecule has 5 rings (SSSR count). The fourth-order valence-corrected chi connectivity index (χ4v) is 6.15. The van der Waals surface area contributed by atoms with Gasteiger partial charge in [-0.15, -0.1) is 0 Å². The lowest BCUT2D eigenvalue weighted by Crippen LogP contribution is -2.83. The molecule has 112 valence electrons. The summed E-state index contributed by atoms with van der Waals surface area (Å²) in [6, 6.07) is 0. The van der Waals surface area contributed by atoms with Crippen LogP contribution in [0.3, 0.4) is 0 Å². The van der Waals surface area contributed by atoms with E-state index in [2.05, 4.69) is 0 Å². The van der Waals surface area contributed by atoms with Gasteiger partial charge in [-0.1, -0.05) is 13.8 Å². The van der Waals surface area contributed by atoms with Crippen LogP contribution in [0.1, 0.15) is 40.0 Å². The second-order valence-electron chi connectivity index (χ2n) is 7.79. The van der Waals surface area contributed by atoms with Gasteiger partial charge in [-0.25, -0.2) is 0 Å². The lowest BCUT2D eigenvalue weighted by Gasteiger charge is -2.69. The first-order valence-electron chi connectivity index (χ1n) is 7.42. The molecule has 0 aromatic carbocycles. The highest BCUT2D eigenvalue weighted by molar-refractivity contribution is 5.91. The van der Waals surface area contributed by atoms with Gasteiger partial charge in [0.2, 0.25) is 5.79 Å². The van der Waals surface area contributed by atoms with Crippen LogP contribution in [0, 0.1) is 22.2 Å². The van der Waals surface area contributed by atoms with E-state index < -0.39 is 33.7 Å². The van der Waals surface area contributed by atoms with Crippen molar-refractivity contribution in [3.63, 3.8) is 0 Å². The topological polar surface area (TPSA) is 87.0 Å². The molecule has 5 heteroatoms. The predicted octanol–water partition coefficient (Wildman–Crippen LogP) is 0.212. The van der Waals surface area contributed by atoms with Gasteiger partial charge < -0.3 is 20.1 Å². The van der Waals surface area contributed by atoms with E-state index in [4.69, 9.17) is 4.74 Å². The average Bonchev–Trinajstić information content (AvgIpc) is 2.77. The number of ether oxygens (including phenoxy) is 1. The molecule has 0 aromatic heterocycles. The first-order valence-corrected chi connectivity index (χ1v) is 7.42. The Kier molecular flexibility index (Phi) is 1.98. The quantitative estimate of drug-likeness (QED) is 0.591. The molecule has 0 amide bonds. The Hall–Kier alpha value is -0.490. The number of carbonyl (C=O) groups excluding carboxylic acids is 1. The zero-order chi connectivity index (χ0) is 14.8. The average molecular weight is 282 g/mol. The van der Waals surface area contributed by atoms with Crippen molar-refractivity contribution in [1.29, 1.82) is 0 Å². The minimum atomic E-state index is -1.87. The van der Waals surface area contributed by atoms with Crippen molar-refractivity contribution in [3.05, 3.63) is 0 Å². The maximum Gasteiger partial charge on any atom is 0.206 e. The van der Waals surface area contributed by atoms with Gasteiger partial charge in [0.25, 0.3) is 0 Å². The van der Waals surface area contributed by atoms with Gasteiger partial charge in [-0.05, 0) is 25.7 Å². The summed E-state index contributed by atoms with van der Waals surface area (Å²) in [5.41, 5.74) is -4.25.